The molecule has 0 fully saturated rings. The monoisotopic (exact) mass is 660 g/mol. The van der Waals surface area contributed by atoms with Gasteiger partial charge in [0.1, 0.15) is 9.79 Å². The van der Waals surface area contributed by atoms with Crippen LogP contribution < -0.4 is 10.4 Å². The van der Waals surface area contributed by atoms with Gasteiger partial charge in [-0.25, -0.2) is 20.2 Å². The molecule has 228 valence electrons. The number of halogens is 10. The van der Waals surface area contributed by atoms with Crippen molar-refractivity contribution in [3.63, 3.8) is 0 Å². The number of nitriles is 2. The van der Waals surface area contributed by atoms with E-state index in [0.29, 0.717) is 16.7 Å². The molecule has 0 saturated heterocycles. The number of rotatable bonds is 2. The Kier molecular flexibility index (Phi) is 5.39. The molecule has 2 aliphatic carbocycles. The molecule has 0 saturated carbocycles. The molecular weight excluding hydrogens is 646 g/mol. The normalized spacial score (nSPS) is 17.8. The summed E-state index contributed by atoms with van der Waals surface area (Å²) in [5.41, 5.74) is -1.80. The molecule has 0 aromatic heterocycles. The number of hydrogen-bond acceptors (Lipinski definition) is 2. The van der Waals surface area contributed by atoms with Gasteiger partial charge in [0, 0.05) is 5.22 Å². The zero-order valence-corrected chi connectivity index (χ0v) is 23.7. The van der Waals surface area contributed by atoms with Crippen LogP contribution in [0.25, 0.3) is 43.3 Å². The number of aryl methyl sites for hydroxylation is 2. The highest BCUT2D eigenvalue weighted by molar-refractivity contribution is 8.48. The Morgan fingerprint density at radius 1 is 0.636 bits per heavy atom. The molecule has 2 aliphatic rings. The van der Waals surface area contributed by atoms with Gasteiger partial charge in [-0.1, -0.05) is 51.0 Å². The van der Waals surface area contributed by atoms with Crippen LogP contribution in [0.2, 0.25) is 0 Å². The standard InChI is InChI=1S/C28H14F10N4S2/c1-13-5-15-7-19-25(21(11-39)41-3)20-8-16-9-23(43(29,30,31,32)33)24(44(34,35,36,37)38)10-18(16)27(20)28(22(12-40)42-4)26(19)17(15)6-14(13)2/h5-6,9-10H,7-8H2,1-2H3/b25-21+,28-22+. The minimum atomic E-state index is -11.5. The third kappa shape index (κ3) is 4.62. The van der Waals surface area contributed by atoms with Crippen molar-refractivity contribution in [2.75, 3.05) is 0 Å². The van der Waals surface area contributed by atoms with Crippen molar-refractivity contribution in [2.45, 2.75) is 36.5 Å². The smallest absolute Gasteiger partial charge is 0.226 e. The molecule has 0 spiro atoms. The summed E-state index contributed by atoms with van der Waals surface area (Å²) in [6.45, 7) is 18.5. The molecular formula is C28H14F10N4S2. The molecule has 3 aromatic carbocycles. The second kappa shape index (κ2) is 7.71. The molecule has 0 N–H and O–H groups in total. The minimum Gasteiger partial charge on any atom is -0.226 e. The minimum absolute atomic E-state index is 0.000620. The quantitative estimate of drug-likeness (QED) is 0.140. The van der Waals surface area contributed by atoms with Crippen LogP contribution in [0.4, 0.5) is 38.9 Å². The summed E-state index contributed by atoms with van der Waals surface area (Å²) in [5, 5.41) is 19.0. The highest BCUT2D eigenvalue weighted by atomic mass is 32.5. The van der Waals surface area contributed by atoms with E-state index in [4.69, 9.17) is 13.1 Å². The van der Waals surface area contributed by atoms with Crippen molar-refractivity contribution in [3.05, 3.63) is 90.9 Å². The van der Waals surface area contributed by atoms with Crippen LogP contribution in [0.5, 0.6) is 0 Å². The molecule has 0 amide bonds. The number of hydrogen-bond donors (Lipinski definition) is 0. The summed E-state index contributed by atoms with van der Waals surface area (Å²) >= 11 is 0. The topological polar surface area (TPSA) is 56.3 Å². The van der Waals surface area contributed by atoms with Crippen LogP contribution in [-0.2, 0) is 12.8 Å². The zero-order valence-electron chi connectivity index (χ0n) is 22.1. The van der Waals surface area contributed by atoms with Crippen molar-refractivity contribution in [3.8, 4) is 34.4 Å². The van der Waals surface area contributed by atoms with E-state index in [1.54, 1.807) is 38.1 Å². The summed E-state index contributed by atoms with van der Waals surface area (Å²) in [6.07, 6.45) is -0.934. The Balaban J connectivity index is 2.16. The van der Waals surface area contributed by atoms with Gasteiger partial charge in [-0.05, 0) is 99.7 Å². The number of nitrogens with zero attached hydrogens (tertiary/aromatic N) is 4. The van der Waals surface area contributed by atoms with Crippen LogP contribution in [0.15, 0.2) is 34.1 Å². The highest BCUT2D eigenvalue weighted by Crippen LogP contribution is 3.09. The lowest BCUT2D eigenvalue weighted by Crippen LogP contribution is -2.25. The van der Waals surface area contributed by atoms with E-state index in [0.717, 1.165) is 5.56 Å². The molecule has 0 radical (unpaired) electrons. The Hall–Kier alpha value is -4.64. The van der Waals surface area contributed by atoms with Gasteiger partial charge in [0.05, 0.1) is 25.3 Å². The fourth-order valence-electron chi connectivity index (χ4n) is 5.82. The average molecular weight is 661 g/mol. The summed E-state index contributed by atoms with van der Waals surface area (Å²) in [6, 6.07) is 5.12. The van der Waals surface area contributed by atoms with Gasteiger partial charge in [0.25, 0.3) is 11.4 Å². The summed E-state index contributed by atoms with van der Waals surface area (Å²) in [7, 11) is -22.9. The van der Waals surface area contributed by atoms with E-state index in [1.165, 1.54) is 0 Å². The summed E-state index contributed by atoms with van der Waals surface area (Å²) in [4.78, 5) is -1.42. The maximum absolute atomic E-state index is 14.1. The third-order valence-electron chi connectivity index (χ3n) is 7.61. The Morgan fingerprint density at radius 3 is 1.45 bits per heavy atom. The molecule has 16 heteroatoms. The van der Waals surface area contributed by atoms with E-state index in [-0.39, 0.29) is 28.3 Å². The second-order valence-electron chi connectivity index (χ2n) is 10.4. The van der Waals surface area contributed by atoms with Crippen LogP contribution >= 0.6 is 20.4 Å². The predicted octanol–water partition coefficient (Wildman–Crippen LogP) is 9.86. The van der Waals surface area contributed by atoms with Gasteiger partial charge >= 0.3 is 20.4 Å². The lowest BCUT2D eigenvalue weighted by Gasteiger charge is -2.48. The van der Waals surface area contributed by atoms with Crippen molar-refractivity contribution in [2.24, 2.45) is 0 Å². The van der Waals surface area contributed by atoms with Crippen LogP contribution in [0.3, 0.4) is 0 Å². The van der Waals surface area contributed by atoms with Crippen LogP contribution in [0, 0.1) is 49.7 Å². The number of benzene rings is 3. The lowest BCUT2D eigenvalue weighted by atomic mass is 9.90. The van der Waals surface area contributed by atoms with Gasteiger partial charge in [-0.2, -0.15) is 0 Å². The molecule has 44 heavy (non-hydrogen) atoms. The molecule has 0 atom stereocenters. The van der Waals surface area contributed by atoms with Crippen LogP contribution in [-0.4, -0.2) is 0 Å². The van der Waals surface area contributed by atoms with Crippen molar-refractivity contribution in [1.29, 1.82) is 10.5 Å². The summed E-state index contributed by atoms with van der Waals surface area (Å²) < 4.78 is 140. The highest BCUT2D eigenvalue weighted by Gasteiger charge is 2.75. The van der Waals surface area contributed by atoms with Crippen molar-refractivity contribution >= 4 is 31.8 Å². The lowest BCUT2D eigenvalue weighted by molar-refractivity contribution is 0.336. The Labute approximate surface area is 242 Å². The van der Waals surface area contributed by atoms with Gasteiger partial charge in [-0.15, -0.1) is 0 Å². The van der Waals surface area contributed by atoms with E-state index in [9.17, 15) is 49.4 Å². The summed E-state index contributed by atoms with van der Waals surface area (Å²) in [5.74, 6) is 0. The first-order valence-corrected chi connectivity index (χ1v) is 15.9. The fraction of sp³-hybridized carbons (Fsp3) is 0.143. The SMILES string of the molecule is [C-]#[N+]/C(C#N)=c1\c2c(/c(=C(/C#N)[N+]#[C-])c3c1Cc1cc(S(F)(F)(F)(F)F)c(S(F)(F)(F)(F)F)cc1-3)-c1cc(C)c(C)cc1C2. The van der Waals surface area contributed by atoms with Gasteiger partial charge in [-0.3, -0.25) is 0 Å². The fourth-order valence-corrected chi connectivity index (χ4v) is 8.35. The predicted molar refractivity (Wildman–Crippen MR) is 146 cm³/mol. The van der Waals surface area contributed by atoms with E-state index in [1.807, 2.05) is 0 Å². The average Bonchev–Trinajstić information content (AvgIpc) is 3.41. The molecule has 0 unspecified atom stereocenters. The largest absolute Gasteiger partial charge is 0.311 e. The Morgan fingerprint density at radius 2 is 1.02 bits per heavy atom. The second-order valence-corrected chi connectivity index (χ2v) is 15.2. The number of fused-ring (bicyclic) bond motifs is 6. The first-order chi connectivity index (χ1) is 19.7. The maximum atomic E-state index is 14.1. The molecule has 0 aliphatic heterocycles. The first kappa shape index (κ1) is 30.8. The van der Waals surface area contributed by atoms with E-state index < -0.39 is 82.1 Å². The van der Waals surface area contributed by atoms with Crippen molar-refractivity contribution < 1.29 is 38.9 Å². The van der Waals surface area contributed by atoms with E-state index >= 15 is 0 Å². The first-order valence-electron chi connectivity index (χ1n) is 12.0. The molecule has 4 nitrogen and oxygen atoms in total. The van der Waals surface area contributed by atoms with Gasteiger partial charge < -0.3 is 0 Å². The molecule has 0 heterocycles. The van der Waals surface area contributed by atoms with Crippen LogP contribution in [0.1, 0.15) is 33.4 Å². The Bertz CT molecular complexity index is 2220. The third-order valence-corrected chi connectivity index (χ3v) is 10.1. The molecule has 5 rings (SSSR count). The van der Waals surface area contributed by atoms with Gasteiger partial charge in [0.15, 0.2) is 0 Å². The maximum Gasteiger partial charge on any atom is 0.311 e. The van der Waals surface area contributed by atoms with Crippen molar-refractivity contribution in [1.82, 2.24) is 0 Å². The van der Waals surface area contributed by atoms with Gasteiger partial charge in [0.2, 0.25) is 0 Å². The molecule has 0 bridgehead atoms. The molecule has 3 aromatic rings. The van der Waals surface area contributed by atoms with E-state index in [2.05, 4.69) is 9.69 Å². The zero-order chi connectivity index (χ0) is 33.1.